The summed E-state index contributed by atoms with van der Waals surface area (Å²) in [5, 5.41) is 0. The van der Waals surface area contributed by atoms with Crippen LogP contribution in [-0.2, 0) is 0 Å². The topological polar surface area (TPSA) is 62.1 Å². The summed E-state index contributed by atoms with van der Waals surface area (Å²) < 4.78 is 18.3. The lowest BCUT2D eigenvalue weighted by molar-refractivity contribution is 0.0964. The molecule has 6 nitrogen and oxygen atoms in total. The van der Waals surface area contributed by atoms with Crippen LogP contribution in [0.15, 0.2) is 47.6 Å². The quantitative estimate of drug-likeness (QED) is 0.739. The normalized spacial score (nSPS) is 17.5. The van der Waals surface area contributed by atoms with E-state index in [9.17, 15) is 4.79 Å². The second kappa shape index (κ2) is 8.99. The van der Waals surface area contributed by atoms with Crippen molar-refractivity contribution in [3.8, 4) is 17.2 Å². The van der Waals surface area contributed by atoms with Gasteiger partial charge in [-0.15, -0.1) is 0 Å². The molecule has 0 saturated heterocycles. The highest BCUT2D eigenvalue weighted by atomic mass is 16.6. The number of nitrogens with zero attached hydrogens (tertiary/aromatic N) is 2. The van der Waals surface area contributed by atoms with Crippen LogP contribution in [0.25, 0.3) is 6.08 Å². The van der Waals surface area contributed by atoms with Crippen LogP contribution in [-0.4, -0.2) is 36.8 Å². The number of benzene rings is 1. The Balaban J connectivity index is 1.59. The van der Waals surface area contributed by atoms with Crippen molar-refractivity contribution in [2.24, 2.45) is 4.99 Å². The van der Waals surface area contributed by atoms with Gasteiger partial charge in [0, 0.05) is 12.3 Å². The van der Waals surface area contributed by atoms with E-state index in [4.69, 9.17) is 19.2 Å². The molecule has 0 atom stereocenters. The predicted octanol–water partition coefficient (Wildman–Crippen LogP) is 3.85. The Labute approximate surface area is 170 Å². The third kappa shape index (κ3) is 4.53. The number of hydrogen-bond donors (Lipinski definition) is 0. The molecule has 0 amide bonds. The fourth-order valence-corrected chi connectivity index (χ4v) is 3.76. The summed E-state index contributed by atoms with van der Waals surface area (Å²) in [7, 11) is 1.59. The van der Waals surface area contributed by atoms with Gasteiger partial charge in [0.2, 0.25) is 5.75 Å². The number of hydrogen-bond acceptors (Lipinski definition) is 5. The highest BCUT2D eigenvalue weighted by Crippen LogP contribution is 2.40. The van der Waals surface area contributed by atoms with Gasteiger partial charge in [0.25, 0.3) is 5.91 Å². The van der Waals surface area contributed by atoms with Crippen LogP contribution in [0.5, 0.6) is 17.2 Å². The third-order valence-corrected chi connectivity index (χ3v) is 5.23. The first-order chi connectivity index (χ1) is 14.2. The maximum absolute atomic E-state index is 12.9. The Morgan fingerprint density at radius 3 is 2.83 bits per heavy atom. The van der Waals surface area contributed by atoms with Gasteiger partial charge in [-0.2, -0.15) is 0 Å². The molecule has 2 aromatic rings. The first-order valence-electron chi connectivity index (χ1n) is 10.2. The molecule has 1 aromatic carbocycles. The van der Waals surface area contributed by atoms with E-state index in [-0.39, 0.29) is 5.91 Å². The number of fused-ring (bicyclic) bond motifs is 1. The molecule has 1 aromatic heterocycles. The molecule has 0 N–H and O–H groups in total. The van der Waals surface area contributed by atoms with E-state index in [2.05, 4.69) is 0 Å². The molecule has 2 heterocycles. The number of ether oxygens (including phenoxy) is 3. The van der Waals surface area contributed by atoms with E-state index in [1.165, 1.54) is 19.3 Å². The molecule has 1 saturated carbocycles. The summed E-state index contributed by atoms with van der Waals surface area (Å²) in [5.74, 6) is 1.68. The van der Waals surface area contributed by atoms with Gasteiger partial charge in [-0.1, -0.05) is 25.3 Å². The van der Waals surface area contributed by atoms with Gasteiger partial charge < -0.3 is 14.2 Å². The van der Waals surface area contributed by atoms with Crippen molar-refractivity contribution in [2.45, 2.75) is 38.1 Å². The van der Waals surface area contributed by atoms with Crippen molar-refractivity contribution in [3.05, 3.63) is 53.7 Å². The Morgan fingerprint density at radius 2 is 2.00 bits per heavy atom. The second-order valence-electron chi connectivity index (χ2n) is 7.27. The smallest absolute Gasteiger partial charge is 0.256 e. The van der Waals surface area contributed by atoms with Gasteiger partial charge in [-0.25, -0.2) is 0 Å². The molecular weight excluding hydrogens is 368 g/mol. The minimum Gasteiger partial charge on any atom is -0.493 e. The number of carbonyl (C=O) groups excluding carboxylic acids is 1. The van der Waals surface area contributed by atoms with Gasteiger partial charge in [0.15, 0.2) is 11.5 Å². The van der Waals surface area contributed by atoms with Crippen molar-refractivity contribution >= 4 is 12.0 Å². The molecule has 152 valence electrons. The maximum Gasteiger partial charge on any atom is 0.256 e. The zero-order chi connectivity index (χ0) is 20.1. The fourth-order valence-electron chi connectivity index (χ4n) is 3.76. The SMILES string of the molecule is COc1cc(/C=C/C(=O)n2ccccc2=NC2CCCCC2)cc2c1OCCO2. The molecule has 0 spiro atoms. The molecule has 0 unspecified atom stereocenters. The molecule has 1 aliphatic heterocycles. The van der Waals surface area contributed by atoms with Crippen LogP contribution in [0.2, 0.25) is 0 Å². The molecule has 4 rings (SSSR count). The summed E-state index contributed by atoms with van der Waals surface area (Å²) in [4.78, 5) is 17.7. The van der Waals surface area contributed by atoms with E-state index in [1.807, 2.05) is 30.3 Å². The Hall–Kier alpha value is -3.02. The molecule has 2 aliphatic rings. The molecule has 0 radical (unpaired) electrons. The Morgan fingerprint density at radius 1 is 1.17 bits per heavy atom. The molecule has 0 bridgehead atoms. The average molecular weight is 394 g/mol. The minimum atomic E-state index is -0.144. The van der Waals surface area contributed by atoms with Crippen LogP contribution >= 0.6 is 0 Å². The van der Waals surface area contributed by atoms with Crippen LogP contribution in [0.1, 0.15) is 42.5 Å². The second-order valence-corrected chi connectivity index (χ2v) is 7.27. The van der Waals surface area contributed by atoms with Crippen molar-refractivity contribution in [3.63, 3.8) is 0 Å². The Bertz CT molecular complexity index is 954. The molecule has 6 heteroatoms. The summed E-state index contributed by atoms with van der Waals surface area (Å²) in [5.41, 5.74) is 1.51. The van der Waals surface area contributed by atoms with Gasteiger partial charge in [-0.3, -0.25) is 14.4 Å². The standard InChI is InChI=1S/C23H26N2O4/c1-27-19-15-17(16-20-23(19)29-14-13-28-20)10-11-22(26)25-12-6-5-9-21(25)24-18-7-3-2-4-8-18/h5-6,9-12,15-16,18H,2-4,7-8,13-14H2,1H3/b11-10+,24-21?. The predicted molar refractivity (Wildman–Crippen MR) is 111 cm³/mol. The van der Waals surface area contributed by atoms with Crippen molar-refractivity contribution in [1.82, 2.24) is 4.57 Å². The lowest BCUT2D eigenvalue weighted by Gasteiger charge is -2.20. The van der Waals surface area contributed by atoms with Crippen molar-refractivity contribution < 1.29 is 19.0 Å². The minimum absolute atomic E-state index is 0.144. The fraction of sp³-hybridized carbons (Fsp3) is 0.391. The highest BCUT2D eigenvalue weighted by Gasteiger charge is 2.18. The van der Waals surface area contributed by atoms with E-state index in [0.29, 0.717) is 42.0 Å². The van der Waals surface area contributed by atoms with Gasteiger partial charge >= 0.3 is 0 Å². The summed E-state index contributed by atoms with van der Waals surface area (Å²) in [6.45, 7) is 0.989. The highest BCUT2D eigenvalue weighted by molar-refractivity contribution is 5.93. The first kappa shape index (κ1) is 19.3. The van der Waals surface area contributed by atoms with Crippen LogP contribution in [0.4, 0.5) is 0 Å². The zero-order valence-electron chi connectivity index (χ0n) is 16.7. The van der Waals surface area contributed by atoms with Crippen LogP contribution in [0, 0.1) is 0 Å². The number of methoxy groups -OCH3 is 1. The lowest BCUT2D eigenvalue weighted by Crippen LogP contribution is -2.27. The third-order valence-electron chi connectivity index (χ3n) is 5.23. The summed E-state index contributed by atoms with van der Waals surface area (Å²) in [6.07, 6.45) is 11.0. The number of carbonyl (C=O) groups is 1. The largest absolute Gasteiger partial charge is 0.493 e. The van der Waals surface area contributed by atoms with E-state index >= 15 is 0 Å². The molecular formula is C23H26N2O4. The van der Waals surface area contributed by atoms with E-state index in [1.54, 1.807) is 30.0 Å². The van der Waals surface area contributed by atoms with Crippen molar-refractivity contribution in [2.75, 3.05) is 20.3 Å². The lowest BCUT2D eigenvalue weighted by atomic mass is 9.96. The van der Waals surface area contributed by atoms with Gasteiger partial charge in [-0.05, 0) is 48.7 Å². The first-order valence-corrected chi connectivity index (χ1v) is 10.2. The average Bonchev–Trinajstić information content (AvgIpc) is 2.78. The molecule has 1 aliphatic carbocycles. The van der Waals surface area contributed by atoms with Gasteiger partial charge in [0.1, 0.15) is 18.7 Å². The van der Waals surface area contributed by atoms with Crippen LogP contribution in [0.3, 0.4) is 0 Å². The molecule has 29 heavy (non-hydrogen) atoms. The Kier molecular flexibility index (Phi) is 5.98. The number of allylic oxidation sites excluding steroid dienone is 1. The number of rotatable bonds is 4. The summed E-state index contributed by atoms with van der Waals surface area (Å²) in [6, 6.07) is 9.65. The van der Waals surface area contributed by atoms with Crippen LogP contribution < -0.4 is 19.7 Å². The van der Waals surface area contributed by atoms with E-state index in [0.717, 1.165) is 18.4 Å². The zero-order valence-corrected chi connectivity index (χ0v) is 16.7. The van der Waals surface area contributed by atoms with E-state index < -0.39 is 0 Å². The monoisotopic (exact) mass is 394 g/mol. The van der Waals surface area contributed by atoms with Gasteiger partial charge in [0.05, 0.1) is 13.2 Å². The number of aromatic nitrogens is 1. The number of pyridine rings is 1. The summed E-state index contributed by atoms with van der Waals surface area (Å²) >= 11 is 0. The van der Waals surface area contributed by atoms with Crippen molar-refractivity contribution in [1.29, 1.82) is 0 Å². The molecule has 1 fully saturated rings. The maximum atomic E-state index is 12.9.